The lowest BCUT2D eigenvalue weighted by atomic mass is 9.59. The standard InChI is InChI=1S/C28H32O2/c1-20(2)24-15-16-25(26(29)17-22-11-7-5-8-12-22)28(19-24,21(3)4)27(30)18-23-13-9-6-10-14-23/h5-16,20-21H,17-19H2,1-4H3. The van der Waals surface area contributed by atoms with Crippen LogP contribution in [0.4, 0.5) is 0 Å². The molecule has 30 heavy (non-hydrogen) atoms. The number of hydrogen-bond donors (Lipinski definition) is 0. The van der Waals surface area contributed by atoms with Gasteiger partial charge in [-0.15, -0.1) is 0 Å². The van der Waals surface area contributed by atoms with Crippen LogP contribution in [0.25, 0.3) is 0 Å². The van der Waals surface area contributed by atoms with Crippen molar-refractivity contribution >= 4 is 11.6 Å². The molecule has 0 aliphatic heterocycles. The average Bonchev–Trinajstić information content (AvgIpc) is 2.74. The van der Waals surface area contributed by atoms with Gasteiger partial charge in [-0.2, -0.15) is 0 Å². The SMILES string of the molecule is CC(C)C1=CC=C(C(=O)Cc2ccccc2)C(C(=O)Cc2ccccc2)(C(C)C)C1. The van der Waals surface area contributed by atoms with Gasteiger partial charge < -0.3 is 0 Å². The first-order chi connectivity index (χ1) is 14.3. The summed E-state index contributed by atoms with van der Waals surface area (Å²) < 4.78 is 0. The molecule has 2 heteroatoms. The third kappa shape index (κ3) is 4.53. The van der Waals surface area contributed by atoms with Crippen LogP contribution in [0.5, 0.6) is 0 Å². The Morgan fingerprint density at radius 1 is 0.800 bits per heavy atom. The fraction of sp³-hybridized carbons (Fsp3) is 0.357. The van der Waals surface area contributed by atoms with Crippen molar-refractivity contribution < 1.29 is 9.59 Å². The Labute approximate surface area is 180 Å². The fourth-order valence-corrected chi connectivity index (χ4v) is 4.45. The maximum absolute atomic E-state index is 13.8. The van der Waals surface area contributed by atoms with Crippen molar-refractivity contribution in [3.8, 4) is 0 Å². The van der Waals surface area contributed by atoms with Crippen LogP contribution in [0, 0.1) is 17.3 Å². The first-order valence-corrected chi connectivity index (χ1v) is 10.9. The van der Waals surface area contributed by atoms with Crippen LogP contribution < -0.4 is 0 Å². The number of benzene rings is 2. The van der Waals surface area contributed by atoms with Crippen LogP contribution in [-0.4, -0.2) is 11.6 Å². The van der Waals surface area contributed by atoms with E-state index in [4.69, 9.17) is 0 Å². The summed E-state index contributed by atoms with van der Waals surface area (Å²) in [5.41, 5.74) is 3.11. The highest BCUT2D eigenvalue weighted by atomic mass is 16.1. The molecule has 0 N–H and O–H groups in total. The van der Waals surface area contributed by atoms with Gasteiger partial charge in [-0.3, -0.25) is 9.59 Å². The summed E-state index contributed by atoms with van der Waals surface area (Å²) in [5, 5.41) is 0. The van der Waals surface area contributed by atoms with Crippen LogP contribution in [0.2, 0.25) is 0 Å². The normalized spacial score (nSPS) is 18.9. The van der Waals surface area contributed by atoms with Gasteiger partial charge in [0.1, 0.15) is 5.78 Å². The molecule has 0 amide bonds. The molecule has 0 fully saturated rings. The quantitative estimate of drug-likeness (QED) is 0.531. The average molecular weight is 401 g/mol. The van der Waals surface area contributed by atoms with E-state index in [1.807, 2.05) is 66.7 Å². The van der Waals surface area contributed by atoms with E-state index < -0.39 is 5.41 Å². The molecule has 2 aromatic carbocycles. The first kappa shape index (κ1) is 22.0. The molecule has 1 unspecified atom stereocenters. The van der Waals surface area contributed by atoms with Crippen LogP contribution in [0.15, 0.2) is 84.0 Å². The molecule has 3 rings (SSSR count). The van der Waals surface area contributed by atoms with Crippen LogP contribution in [0.1, 0.15) is 45.2 Å². The molecule has 1 atom stereocenters. The lowest BCUT2D eigenvalue weighted by molar-refractivity contribution is -0.131. The largest absolute Gasteiger partial charge is 0.298 e. The van der Waals surface area contributed by atoms with Gasteiger partial charge in [0.25, 0.3) is 0 Å². The summed E-state index contributed by atoms with van der Waals surface area (Å²) in [6, 6.07) is 19.7. The molecule has 2 aromatic rings. The van der Waals surface area contributed by atoms with E-state index in [0.717, 1.165) is 11.1 Å². The summed E-state index contributed by atoms with van der Waals surface area (Å²) in [5.74, 6) is 0.565. The number of Topliss-reactive ketones (excluding diaryl/α,β-unsaturated/α-hetero) is 2. The molecule has 2 nitrogen and oxygen atoms in total. The van der Waals surface area contributed by atoms with Crippen LogP contribution >= 0.6 is 0 Å². The predicted octanol–water partition coefficient (Wildman–Crippen LogP) is 6.16. The van der Waals surface area contributed by atoms with Gasteiger partial charge in [0.05, 0.1) is 5.41 Å². The maximum Gasteiger partial charge on any atom is 0.164 e. The number of carbonyl (C=O) groups excluding carboxylic acids is 2. The Balaban J connectivity index is 2.02. The van der Waals surface area contributed by atoms with E-state index in [0.29, 0.717) is 30.8 Å². The number of rotatable bonds is 8. The van der Waals surface area contributed by atoms with E-state index in [1.54, 1.807) is 0 Å². The summed E-state index contributed by atoms with van der Waals surface area (Å²) in [4.78, 5) is 27.3. The highest BCUT2D eigenvalue weighted by molar-refractivity contribution is 6.06. The summed E-state index contributed by atoms with van der Waals surface area (Å²) in [6.07, 6.45) is 5.30. The van der Waals surface area contributed by atoms with E-state index in [-0.39, 0.29) is 17.5 Å². The molecule has 1 aliphatic carbocycles. The molecule has 0 spiro atoms. The lowest BCUT2D eigenvalue weighted by Gasteiger charge is -2.41. The molecule has 0 saturated heterocycles. The number of allylic oxidation sites excluding steroid dienone is 4. The minimum atomic E-state index is -0.782. The molecule has 0 radical (unpaired) electrons. The maximum atomic E-state index is 13.8. The number of carbonyl (C=O) groups is 2. The summed E-state index contributed by atoms with van der Waals surface area (Å²) in [7, 11) is 0. The zero-order valence-corrected chi connectivity index (χ0v) is 18.5. The highest BCUT2D eigenvalue weighted by Gasteiger charge is 2.48. The van der Waals surface area contributed by atoms with Crippen molar-refractivity contribution in [1.82, 2.24) is 0 Å². The number of ketones is 2. The van der Waals surface area contributed by atoms with Gasteiger partial charge in [0, 0.05) is 18.4 Å². The van der Waals surface area contributed by atoms with E-state index in [9.17, 15) is 9.59 Å². The minimum absolute atomic E-state index is 0.0298. The smallest absolute Gasteiger partial charge is 0.164 e. The van der Waals surface area contributed by atoms with E-state index in [1.165, 1.54) is 5.57 Å². The fourth-order valence-electron chi connectivity index (χ4n) is 4.45. The molecule has 0 aromatic heterocycles. The van der Waals surface area contributed by atoms with Gasteiger partial charge in [0.2, 0.25) is 0 Å². The van der Waals surface area contributed by atoms with E-state index >= 15 is 0 Å². The lowest BCUT2D eigenvalue weighted by Crippen LogP contribution is -2.44. The van der Waals surface area contributed by atoms with E-state index in [2.05, 4.69) is 33.8 Å². The molecular weight excluding hydrogens is 368 g/mol. The van der Waals surface area contributed by atoms with Crippen molar-refractivity contribution in [1.29, 1.82) is 0 Å². The van der Waals surface area contributed by atoms with Crippen molar-refractivity contribution in [3.05, 3.63) is 95.1 Å². The zero-order chi connectivity index (χ0) is 21.7. The van der Waals surface area contributed by atoms with Crippen LogP contribution in [-0.2, 0) is 22.4 Å². The predicted molar refractivity (Wildman–Crippen MR) is 123 cm³/mol. The van der Waals surface area contributed by atoms with Gasteiger partial charge in [-0.1, -0.05) is 106 Å². The summed E-state index contributed by atoms with van der Waals surface area (Å²) >= 11 is 0. The Morgan fingerprint density at radius 2 is 1.33 bits per heavy atom. The zero-order valence-electron chi connectivity index (χ0n) is 18.5. The molecule has 0 heterocycles. The molecular formula is C28H32O2. The second kappa shape index (κ2) is 9.38. The topological polar surface area (TPSA) is 34.1 Å². The van der Waals surface area contributed by atoms with Crippen molar-refractivity contribution in [2.75, 3.05) is 0 Å². The third-order valence-electron chi connectivity index (χ3n) is 6.37. The first-order valence-electron chi connectivity index (χ1n) is 10.9. The molecule has 0 bridgehead atoms. The second-order valence-corrected chi connectivity index (χ2v) is 8.95. The molecule has 0 saturated carbocycles. The summed E-state index contributed by atoms with van der Waals surface area (Å²) in [6.45, 7) is 8.47. The Morgan fingerprint density at radius 3 is 1.83 bits per heavy atom. The Bertz CT molecular complexity index is 949. The number of hydrogen-bond acceptors (Lipinski definition) is 2. The Kier molecular flexibility index (Phi) is 6.87. The highest BCUT2D eigenvalue weighted by Crippen LogP contribution is 2.47. The Hall–Kier alpha value is -2.74. The van der Waals surface area contributed by atoms with Crippen molar-refractivity contribution in [2.24, 2.45) is 17.3 Å². The van der Waals surface area contributed by atoms with Gasteiger partial charge in [-0.25, -0.2) is 0 Å². The van der Waals surface area contributed by atoms with Gasteiger partial charge >= 0.3 is 0 Å². The minimum Gasteiger partial charge on any atom is -0.298 e. The third-order valence-corrected chi connectivity index (χ3v) is 6.37. The monoisotopic (exact) mass is 400 g/mol. The van der Waals surface area contributed by atoms with Crippen molar-refractivity contribution in [2.45, 2.75) is 47.0 Å². The molecule has 1 aliphatic rings. The second-order valence-electron chi connectivity index (χ2n) is 8.95. The molecule has 156 valence electrons. The van der Waals surface area contributed by atoms with Crippen LogP contribution in [0.3, 0.4) is 0 Å². The van der Waals surface area contributed by atoms with Gasteiger partial charge in [-0.05, 0) is 29.4 Å². The van der Waals surface area contributed by atoms with Crippen molar-refractivity contribution in [3.63, 3.8) is 0 Å². The van der Waals surface area contributed by atoms with Gasteiger partial charge in [0.15, 0.2) is 5.78 Å².